The molecule has 0 saturated heterocycles. The molecule has 2 N–H and O–H groups in total. The number of pyridine rings is 1. The van der Waals surface area contributed by atoms with Gasteiger partial charge in [-0.2, -0.15) is 13.2 Å². The van der Waals surface area contributed by atoms with Crippen molar-refractivity contribution in [2.24, 2.45) is 0 Å². The Bertz CT molecular complexity index is 1210. The zero-order valence-electron chi connectivity index (χ0n) is 15.9. The van der Waals surface area contributed by atoms with Crippen LogP contribution in [0.5, 0.6) is 5.88 Å². The van der Waals surface area contributed by atoms with Gasteiger partial charge in [0.25, 0.3) is 0 Å². The molecule has 0 aliphatic carbocycles. The van der Waals surface area contributed by atoms with E-state index < -0.39 is 12.8 Å². The summed E-state index contributed by atoms with van der Waals surface area (Å²) in [5.41, 5.74) is 8.67. The molecule has 0 radical (unpaired) electrons. The van der Waals surface area contributed by atoms with Crippen LogP contribution in [0.15, 0.2) is 48.7 Å². The number of halogens is 3. The maximum absolute atomic E-state index is 12.5. The molecule has 0 fully saturated rings. The van der Waals surface area contributed by atoms with Crippen molar-refractivity contribution in [2.45, 2.75) is 19.5 Å². The van der Waals surface area contributed by atoms with Gasteiger partial charge in [0.05, 0.1) is 5.39 Å². The Morgan fingerprint density at radius 1 is 1.10 bits per heavy atom. The van der Waals surface area contributed by atoms with Gasteiger partial charge in [0.2, 0.25) is 5.88 Å². The molecule has 0 aliphatic rings. The number of hydrogen-bond donors (Lipinski definition) is 1. The number of alkyl halides is 3. The number of anilines is 1. The summed E-state index contributed by atoms with van der Waals surface area (Å²) in [6, 6.07) is 13.0. The number of nitrogens with two attached hydrogens (primary N) is 1. The van der Waals surface area contributed by atoms with Crippen molar-refractivity contribution >= 4 is 27.4 Å². The molecule has 0 unspecified atom stereocenters. The Kier molecular flexibility index (Phi) is 5.29. The molecule has 1 aromatic carbocycles. The lowest BCUT2D eigenvalue weighted by Crippen LogP contribution is -2.20. The molecule has 30 heavy (non-hydrogen) atoms. The number of thiophene rings is 1. The van der Waals surface area contributed by atoms with Gasteiger partial charge in [-0.05, 0) is 25.1 Å². The van der Waals surface area contributed by atoms with E-state index in [4.69, 9.17) is 10.5 Å². The summed E-state index contributed by atoms with van der Waals surface area (Å²) in [7, 11) is 0. The molecule has 3 heterocycles. The van der Waals surface area contributed by atoms with E-state index in [1.165, 1.54) is 17.5 Å². The molecular formula is C21H17F3N4OS. The van der Waals surface area contributed by atoms with Crippen LogP contribution < -0.4 is 10.5 Å². The van der Waals surface area contributed by atoms with E-state index in [0.717, 1.165) is 20.8 Å². The van der Waals surface area contributed by atoms with Gasteiger partial charge >= 0.3 is 6.18 Å². The molecule has 5 nitrogen and oxygen atoms in total. The van der Waals surface area contributed by atoms with Crippen LogP contribution in [0, 0.1) is 6.92 Å². The monoisotopic (exact) mass is 430 g/mol. The molecule has 0 spiro atoms. The zero-order valence-corrected chi connectivity index (χ0v) is 16.7. The normalized spacial score (nSPS) is 11.7. The van der Waals surface area contributed by atoms with Crippen LogP contribution in [0.4, 0.5) is 19.0 Å². The SMILES string of the molecule is Cc1cccc(-c2nc(N)c3cc(Cc4cccnc4OCC(F)(F)F)sc3n2)c1. The van der Waals surface area contributed by atoms with Gasteiger partial charge < -0.3 is 10.5 Å². The van der Waals surface area contributed by atoms with E-state index in [1.807, 2.05) is 37.3 Å². The standard InChI is InChI=1S/C21H17F3N4OS/c1-12-4-2-5-13(8-12)18-27-17(25)16-10-15(30-20(16)28-18)9-14-6-3-7-26-19(14)29-11-21(22,23)24/h2-8,10H,9,11H2,1H3,(H2,25,27,28). The molecule has 4 rings (SSSR count). The van der Waals surface area contributed by atoms with E-state index in [0.29, 0.717) is 29.0 Å². The van der Waals surface area contributed by atoms with E-state index >= 15 is 0 Å². The first-order chi connectivity index (χ1) is 14.3. The Morgan fingerprint density at radius 2 is 1.93 bits per heavy atom. The largest absolute Gasteiger partial charge is 0.468 e. The third-order valence-corrected chi connectivity index (χ3v) is 5.37. The third-order valence-electron chi connectivity index (χ3n) is 4.34. The van der Waals surface area contributed by atoms with Gasteiger partial charge in [0, 0.05) is 28.6 Å². The molecular weight excluding hydrogens is 413 g/mol. The van der Waals surface area contributed by atoms with Crippen molar-refractivity contribution in [3.63, 3.8) is 0 Å². The maximum Gasteiger partial charge on any atom is 0.422 e. The lowest BCUT2D eigenvalue weighted by molar-refractivity contribution is -0.154. The molecule has 0 aliphatic heterocycles. The number of nitrogens with zero attached hydrogens (tertiary/aromatic N) is 3. The average molecular weight is 430 g/mol. The van der Waals surface area contributed by atoms with E-state index in [-0.39, 0.29) is 5.88 Å². The number of fused-ring (bicyclic) bond motifs is 1. The summed E-state index contributed by atoms with van der Waals surface area (Å²) < 4.78 is 42.4. The first-order valence-corrected chi connectivity index (χ1v) is 9.86. The van der Waals surface area contributed by atoms with Crippen molar-refractivity contribution in [1.29, 1.82) is 0 Å². The highest BCUT2D eigenvalue weighted by atomic mass is 32.1. The highest BCUT2D eigenvalue weighted by molar-refractivity contribution is 7.18. The molecule has 0 amide bonds. The molecule has 9 heteroatoms. The topological polar surface area (TPSA) is 73.9 Å². The third kappa shape index (κ3) is 4.51. The van der Waals surface area contributed by atoms with Crippen molar-refractivity contribution in [2.75, 3.05) is 12.3 Å². The number of aromatic nitrogens is 3. The fraction of sp³-hybridized carbons (Fsp3) is 0.190. The quantitative estimate of drug-likeness (QED) is 0.473. The molecule has 4 aromatic rings. The molecule has 0 bridgehead atoms. The molecule has 0 atom stereocenters. The van der Waals surface area contributed by atoms with Crippen LogP contribution in [0.2, 0.25) is 0 Å². The fourth-order valence-corrected chi connectivity index (χ4v) is 4.08. The van der Waals surface area contributed by atoms with Gasteiger partial charge in [-0.3, -0.25) is 0 Å². The summed E-state index contributed by atoms with van der Waals surface area (Å²) >= 11 is 1.41. The number of benzene rings is 1. The van der Waals surface area contributed by atoms with E-state index in [2.05, 4.69) is 15.0 Å². The first kappa shape index (κ1) is 20.1. The van der Waals surface area contributed by atoms with Crippen LogP contribution in [-0.4, -0.2) is 27.7 Å². The number of nitrogen functional groups attached to an aromatic ring is 1. The van der Waals surface area contributed by atoms with Crippen LogP contribution >= 0.6 is 11.3 Å². The Labute approximate surface area is 174 Å². The highest BCUT2D eigenvalue weighted by Gasteiger charge is 2.29. The number of rotatable bonds is 5. The smallest absolute Gasteiger partial charge is 0.422 e. The number of aryl methyl sites for hydroxylation is 1. The fourth-order valence-electron chi connectivity index (χ4n) is 3.02. The minimum atomic E-state index is -4.43. The summed E-state index contributed by atoms with van der Waals surface area (Å²) in [6.07, 6.45) is -2.68. The van der Waals surface area contributed by atoms with Gasteiger partial charge in [-0.15, -0.1) is 11.3 Å². The zero-order chi connectivity index (χ0) is 21.3. The first-order valence-electron chi connectivity index (χ1n) is 9.05. The highest BCUT2D eigenvalue weighted by Crippen LogP contribution is 2.32. The Morgan fingerprint density at radius 3 is 2.70 bits per heavy atom. The lowest BCUT2D eigenvalue weighted by Gasteiger charge is -2.11. The summed E-state index contributed by atoms with van der Waals surface area (Å²) in [5.74, 6) is 0.859. The van der Waals surface area contributed by atoms with Gasteiger partial charge in [0.1, 0.15) is 10.6 Å². The minimum absolute atomic E-state index is 0.0354. The Balaban J connectivity index is 1.64. The maximum atomic E-state index is 12.5. The Hall–Kier alpha value is -3.20. The molecule has 154 valence electrons. The summed E-state index contributed by atoms with van der Waals surface area (Å²) in [5, 5.41) is 0.716. The van der Waals surface area contributed by atoms with E-state index in [1.54, 1.807) is 12.1 Å². The van der Waals surface area contributed by atoms with Crippen molar-refractivity contribution in [3.8, 4) is 17.3 Å². The van der Waals surface area contributed by atoms with Crippen LogP contribution in [0.25, 0.3) is 21.6 Å². The van der Waals surface area contributed by atoms with E-state index in [9.17, 15) is 13.2 Å². The molecule has 0 saturated carbocycles. The van der Waals surface area contributed by atoms with Gasteiger partial charge in [-0.25, -0.2) is 15.0 Å². The van der Waals surface area contributed by atoms with Crippen LogP contribution in [0.1, 0.15) is 16.0 Å². The lowest BCUT2D eigenvalue weighted by atomic mass is 10.1. The summed E-state index contributed by atoms with van der Waals surface area (Å²) in [6.45, 7) is 0.600. The number of hydrogen-bond acceptors (Lipinski definition) is 6. The average Bonchev–Trinajstić information content (AvgIpc) is 3.10. The summed E-state index contributed by atoms with van der Waals surface area (Å²) in [4.78, 5) is 14.6. The predicted molar refractivity (Wildman–Crippen MR) is 111 cm³/mol. The number of ether oxygens (including phenoxy) is 1. The van der Waals surface area contributed by atoms with Crippen molar-refractivity contribution in [1.82, 2.24) is 15.0 Å². The van der Waals surface area contributed by atoms with Crippen molar-refractivity contribution < 1.29 is 17.9 Å². The molecule has 3 aromatic heterocycles. The van der Waals surface area contributed by atoms with Crippen LogP contribution in [0.3, 0.4) is 0 Å². The predicted octanol–water partition coefficient (Wildman–Crippen LogP) is 5.18. The second-order valence-corrected chi connectivity index (χ2v) is 7.90. The van der Waals surface area contributed by atoms with Gasteiger partial charge in [0.15, 0.2) is 12.4 Å². The van der Waals surface area contributed by atoms with Gasteiger partial charge in [-0.1, -0.05) is 29.8 Å². The van der Waals surface area contributed by atoms with Crippen molar-refractivity contribution in [3.05, 3.63) is 64.7 Å². The minimum Gasteiger partial charge on any atom is -0.468 e. The van der Waals surface area contributed by atoms with Crippen LogP contribution in [-0.2, 0) is 6.42 Å². The second kappa shape index (κ2) is 7.91. The second-order valence-electron chi connectivity index (χ2n) is 6.78.